The average molecular weight is 236 g/mol. The van der Waals surface area contributed by atoms with Crippen LogP contribution in [-0.4, -0.2) is 40.4 Å². The molecule has 1 fully saturated rings. The molecule has 1 heterocycles. The smallest absolute Gasteiger partial charge is 0.222 e. The first-order valence-corrected chi connectivity index (χ1v) is 5.38. The van der Waals surface area contributed by atoms with Gasteiger partial charge in [0.2, 0.25) is 5.91 Å². The van der Waals surface area contributed by atoms with Crippen LogP contribution in [0, 0.1) is 0 Å². The van der Waals surface area contributed by atoms with Crippen molar-refractivity contribution in [1.82, 2.24) is 4.90 Å². The average Bonchev–Trinajstić information content (AvgIpc) is 2.09. The summed E-state index contributed by atoms with van der Waals surface area (Å²) < 4.78 is 0. The van der Waals surface area contributed by atoms with Crippen LogP contribution in [0.5, 0.6) is 0 Å². The fraction of sp³-hybridized carbons (Fsp3) is 0.875. The van der Waals surface area contributed by atoms with E-state index >= 15 is 0 Å². The molecule has 1 N–H and O–H groups in total. The molecule has 1 amide bonds. The maximum Gasteiger partial charge on any atom is 0.222 e. The van der Waals surface area contributed by atoms with E-state index in [4.69, 9.17) is 0 Å². The SMILES string of the molecule is O=C1CCCCN1CC(O)CBr. The molecule has 3 nitrogen and oxygen atoms in total. The van der Waals surface area contributed by atoms with E-state index in [1.807, 2.05) is 0 Å². The highest BCUT2D eigenvalue weighted by molar-refractivity contribution is 9.09. The lowest BCUT2D eigenvalue weighted by Gasteiger charge is -2.28. The maximum absolute atomic E-state index is 11.2. The van der Waals surface area contributed by atoms with Gasteiger partial charge in [0, 0.05) is 24.8 Å². The van der Waals surface area contributed by atoms with Gasteiger partial charge in [0.1, 0.15) is 0 Å². The molecule has 1 saturated heterocycles. The number of amides is 1. The number of aliphatic hydroxyl groups excluding tert-OH is 1. The van der Waals surface area contributed by atoms with Crippen molar-refractivity contribution in [3.8, 4) is 0 Å². The number of hydrogen-bond donors (Lipinski definition) is 1. The Morgan fingerprint density at radius 2 is 2.33 bits per heavy atom. The number of nitrogens with zero attached hydrogens (tertiary/aromatic N) is 1. The monoisotopic (exact) mass is 235 g/mol. The van der Waals surface area contributed by atoms with Crippen molar-refractivity contribution < 1.29 is 9.90 Å². The number of carbonyl (C=O) groups is 1. The molecule has 0 aromatic rings. The van der Waals surface area contributed by atoms with Crippen LogP contribution in [0.4, 0.5) is 0 Å². The number of β-amino-alcohol motifs (C(OH)–C–C–N with tert-alkyl or cyclic N) is 1. The normalized spacial score (nSPS) is 21.2. The first kappa shape index (κ1) is 9.99. The van der Waals surface area contributed by atoms with Gasteiger partial charge in [-0.1, -0.05) is 15.9 Å². The van der Waals surface area contributed by atoms with Crippen LogP contribution in [0.1, 0.15) is 19.3 Å². The van der Waals surface area contributed by atoms with Crippen LogP contribution < -0.4 is 0 Å². The van der Waals surface area contributed by atoms with Gasteiger partial charge >= 0.3 is 0 Å². The summed E-state index contributed by atoms with van der Waals surface area (Å²) in [7, 11) is 0. The van der Waals surface area contributed by atoms with Gasteiger partial charge in [-0.2, -0.15) is 0 Å². The van der Waals surface area contributed by atoms with Crippen LogP contribution >= 0.6 is 15.9 Å². The zero-order chi connectivity index (χ0) is 8.97. The topological polar surface area (TPSA) is 40.5 Å². The number of alkyl halides is 1. The number of hydrogen-bond acceptors (Lipinski definition) is 2. The van der Waals surface area contributed by atoms with Gasteiger partial charge in [0.15, 0.2) is 0 Å². The van der Waals surface area contributed by atoms with Crippen molar-refractivity contribution in [3.63, 3.8) is 0 Å². The lowest BCUT2D eigenvalue weighted by atomic mass is 10.1. The highest BCUT2D eigenvalue weighted by Gasteiger charge is 2.19. The van der Waals surface area contributed by atoms with E-state index in [1.165, 1.54) is 0 Å². The third-order valence-electron chi connectivity index (χ3n) is 2.03. The second kappa shape index (κ2) is 4.82. The molecule has 0 aromatic heterocycles. The minimum atomic E-state index is -0.424. The second-order valence-corrected chi connectivity index (χ2v) is 3.75. The van der Waals surface area contributed by atoms with Crippen molar-refractivity contribution in [1.29, 1.82) is 0 Å². The first-order valence-electron chi connectivity index (χ1n) is 4.26. The van der Waals surface area contributed by atoms with E-state index in [-0.39, 0.29) is 5.91 Å². The van der Waals surface area contributed by atoms with Crippen LogP contribution in [0.3, 0.4) is 0 Å². The number of carbonyl (C=O) groups excluding carboxylic acids is 1. The van der Waals surface area contributed by atoms with E-state index in [0.717, 1.165) is 19.4 Å². The Hall–Kier alpha value is -0.0900. The van der Waals surface area contributed by atoms with E-state index in [9.17, 15) is 9.90 Å². The summed E-state index contributed by atoms with van der Waals surface area (Å²) in [5.74, 6) is 0.182. The predicted molar refractivity (Wildman–Crippen MR) is 50.2 cm³/mol. The Bertz CT molecular complexity index is 163. The Morgan fingerprint density at radius 1 is 1.58 bits per heavy atom. The molecule has 1 atom stereocenters. The van der Waals surface area contributed by atoms with Gasteiger partial charge in [-0.25, -0.2) is 0 Å². The summed E-state index contributed by atoms with van der Waals surface area (Å²) in [6.07, 6.45) is 2.29. The third-order valence-corrected chi connectivity index (χ3v) is 2.78. The molecule has 1 unspecified atom stereocenters. The zero-order valence-corrected chi connectivity index (χ0v) is 8.59. The second-order valence-electron chi connectivity index (χ2n) is 3.10. The highest BCUT2D eigenvalue weighted by Crippen LogP contribution is 2.10. The number of rotatable bonds is 3. The fourth-order valence-corrected chi connectivity index (χ4v) is 1.56. The molecule has 70 valence electrons. The number of aliphatic hydroxyl groups is 1. The van der Waals surface area contributed by atoms with E-state index in [0.29, 0.717) is 18.3 Å². The summed E-state index contributed by atoms with van der Waals surface area (Å²) in [4.78, 5) is 13.0. The van der Waals surface area contributed by atoms with E-state index < -0.39 is 6.10 Å². The molecule has 1 aliphatic rings. The molecule has 0 spiro atoms. The van der Waals surface area contributed by atoms with Crippen LogP contribution in [0.15, 0.2) is 0 Å². The van der Waals surface area contributed by atoms with E-state index in [2.05, 4.69) is 15.9 Å². The van der Waals surface area contributed by atoms with Crippen molar-refractivity contribution in [3.05, 3.63) is 0 Å². The van der Waals surface area contributed by atoms with Gasteiger partial charge in [-0.3, -0.25) is 4.79 Å². The van der Waals surface area contributed by atoms with Gasteiger partial charge in [0.05, 0.1) is 6.10 Å². The Kier molecular flexibility index (Phi) is 4.01. The lowest BCUT2D eigenvalue weighted by Crippen LogP contribution is -2.40. The van der Waals surface area contributed by atoms with Gasteiger partial charge in [0.25, 0.3) is 0 Å². The first-order chi connectivity index (χ1) is 5.74. The molecular weight excluding hydrogens is 222 g/mol. The third kappa shape index (κ3) is 2.75. The van der Waals surface area contributed by atoms with Crippen LogP contribution in [0.25, 0.3) is 0 Å². The van der Waals surface area contributed by atoms with Crippen LogP contribution in [0.2, 0.25) is 0 Å². The molecule has 0 aliphatic carbocycles. The zero-order valence-electron chi connectivity index (χ0n) is 7.00. The summed E-state index contributed by atoms with van der Waals surface area (Å²) in [6, 6.07) is 0. The van der Waals surface area contributed by atoms with Crippen LogP contribution in [-0.2, 0) is 4.79 Å². The lowest BCUT2D eigenvalue weighted by molar-refractivity contribution is -0.134. The van der Waals surface area contributed by atoms with E-state index in [1.54, 1.807) is 4.90 Å². The molecule has 1 aliphatic heterocycles. The Balaban J connectivity index is 2.34. The largest absolute Gasteiger partial charge is 0.390 e. The summed E-state index contributed by atoms with van der Waals surface area (Å²) in [5.41, 5.74) is 0. The standard InChI is InChI=1S/C8H14BrNO2/c9-5-7(11)6-10-4-2-1-3-8(10)12/h7,11H,1-6H2. The Labute approximate surface area is 80.9 Å². The van der Waals surface area contributed by atoms with Gasteiger partial charge in [-0.05, 0) is 12.8 Å². The summed E-state index contributed by atoms with van der Waals surface area (Å²) in [6.45, 7) is 1.28. The molecule has 0 bridgehead atoms. The Morgan fingerprint density at radius 3 is 2.92 bits per heavy atom. The fourth-order valence-electron chi connectivity index (χ4n) is 1.36. The molecule has 0 aromatic carbocycles. The quantitative estimate of drug-likeness (QED) is 0.735. The minimum absolute atomic E-state index is 0.182. The maximum atomic E-state index is 11.2. The van der Waals surface area contributed by atoms with Crippen molar-refractivity contribution in [2.24, 2.45) is 0 Å². The van der Waals surface area contributed by atoms with Crippen molar-refractivity contribution >= 4 is 21.8 Å². The van der Waals surface area contributed by atoms with Crippen molar-refractivity contribution in [2.45, 2.75) is 25.4 Å². The molecule has 1 rings (SSSR count). The molecule has 0 saturated carbocycles. The molecule has 4 heteroatoms. The molecule has 0 radical (unpaired) electrons. The summed E-state index contributed by atoms with van der Waals surface area (Å²) >= 11 is 3.17. The number of likely N-dealkylation sites (tertiary alicyclic amines) is 1. The van der Waals surface area contributed by atoms with Gasteiger partial charge < -0.3 is 10.0 Å². The molecule has 12 heavy (non-hydrogen) atoms. The molecular formula is C8H14BrNO2. The van der Waals surface area contributed by atoms with Gasteiger partial charge in [-0.15, -0.1) is 0 Å². The minimum Gasteiger partial charge on any atom is -0.390 e. The number of halogens is 1. The van der Waals surface area contributed by atoms with Crippen molar-refractivity contribution in [2.75, 3.05) is 18.4 Å². The highest BCUT2D eigenvalue weighted by atomic mass is 79.9. The predicted octanol–water partition coefficient (Wildman–Crippen LogP) is 0.755. The number of piperidine rings is 1. The summed E-state index contributed by atoms with van der Waals surface area (Å²) in [5, 5.41) is 9.83.